The summed E-state index contributed by atoms with van der Waals surface area (Å²) in [5.74, 6) is 0. The zero-order valence-corrected chi connectivity index (χ0v) is 12.4. The lowest BCUT2D eigenvalue weighted by molar-refractivity contribution is 0.107. The third-order valence-corrected chi connectivity index (χ3v) is 3.89. The van der Waals surface area contributed by atoms with Crippen LogP contribution in [0.4, 0.5) is 0 Å². The van der Waals surface area contributed by atoms with Gasteiger partial charge in [-0.3, -0.25) is 4.90 Å². The molecule has 0 aliphatic carbocycles. The fraction of sp³-hybridized carbons (Fsp3) is 1.00. The van der Waals surface area contributed by atoms with E-state index < -0.39 is 0 Å². The summed E-state index contributed by atoms with van der Waals surface area (Å²) in [6.07, 6.45) is 2.79. The first-order chi connectivity index (χ1) is 7.75. The van der Waals surface area contributed by atoms with E-state index in [0.717, 1.165) is 6.04 Å². The monoisotopic (exact) mass is 238 g/mol. The zero-order valence-electron chi connectivity index (χ0n) is 12.4. The van der Waals surface area contributed by atoms with Crippen LogP contribution in [0.5, 0.6) is 0 Å². The van der Waals surface area contributed by atoms with Crippen molar-refractivity contribution in [1.82, 2.24) is 9.80 Å². The van der Waals surface area contributed by atoms with Gasteiger partial charge in [0.05, 0.1) is 0 Å². The Kier molecular flexibility index (Phi) is 3.57. The van der Waals surface area contributed by atoms with Crippen LogP contribution in [-0.4, -0.2) is 48.6 Å². The number of hydrogen-bond acceptors (Lipinski definition) is 2. The minimum absolute atomic E-state index is 0.455. The van der Waals surface area contributed by atoms with E-state index in [9.17, 15) is 0 Å². The molecular formula is C15H30N2. The first-order valence-electron chi connectivity index (χ1n) is 7.22. The van der Waals surface area contributed by atoms with Crippen molar-refractivity contribution in [1.29, 1.82) is 0 Å². The van der Waals surface area contributed by atoms with Crippen LogP contribution in [-0.2, 0) is 0 Å². The molecule has 2 rings (SSSR count). The normalized spacial score (nSPS) is 30.2. The SMILES string of the molecule is CC(C)(C)CN1CC1CC(C)(C)CN1CCC1. The Morgan fingerprint density at radius 1 is 1.00 bits per heavy atom. The van der Waals surface area contributed by atoms with E-state index in [4.69, 9.17) is 0 Å². The smallest absolute Gasteiger partial charge is 0.0229 e. The molecule has 0 bridgehead atoms. The van der Waals surface area contributed by atoms with Crippen molar-refractivity contribution < 1.29 is 0 Å². The summed E-state index contributed by atoms with van der Waals surface area (Å²) in [5.41, 5.74) is 0.952. The molecule has 0 saturated carbocycles. The second-order valence-electron chi connectivity index (χ2n) is 8.14. The van der Waals surface area contributed by atoms with Gasteiger partial charge in [0.1, 0.15) is 0 Å². The molecule has 2 fully saturated rings. The lowest BCUT2D eigenvalue weighted by atomic mass is 9.86. The number of hydrogen-bond donors (Lipinski definition) is 0. The van der Waals surface area contributed by atoms with Crippen molar-refractivity contribution in [3.05, 3.63) is 0 Å². The molecule has 0 amide bonds. The van der Waals surface area contributed by atoms with Crippen molar-refractivity contribution in [3.63, 3.8) is 0 Å². The van der Waals surface area contributed by atoms with Crippen LogP contribution < -0.4 is 0 Å². The number of rotatable bonds is 5. The molecule has 2 atom stereocenters. The fourth-order valence-electron chi connectivity index (χ4n) is 3.07. The molecule has 2 heterocycles. The zero-order chi connectivity index (χ0) is 12.7. The van der Waals surface area contributed by atoms with Gasteiger partial charge in [0.2, 0.25) is 0 Å². The largest absolute Gasteiger partial charge is 0.303 e. The van der Waals surface area contributed by atoms with Crippen molar-refractivity contribution in [2.24, 2.45) is 10.8 Å². The van der Waals surface area contributed by atoms with Crippen molar-refractivity contribution in [2.45, 2.75) is 53.5 Å². The van der Waals surface area contributed by atoms with E-state index in [2.05, 4.69) is 44.4 Å². The lowest BCUT2D eigenvalue weighted by Crippen LogP contribution is -2.43. The predicted octanol–water partition coefficient (Wildman–Crippen LogP) is 2.84. The predicted molar refractivity (Wildman–Crippen MR) is 74.3 cm³/mol. The highest BCUT2D eigenvalue weighted by Crippen LogP contribution is 2.35. The third-order valence-electron chi connectivity index (χ3n) is 3.89. The van der Waals surface area contributed by atoms with Gasteiger partial charge < -0.3 is 4.90 Å². The highest BCUT2D eigenvalue weighted by molar-refractivity contribution is 4.95. The van der Waals surface area contributed by atoms with Crippen LogP contribution in [0.2, 0.25) is 0 Å². The standard InChI is InChI=1S/C15H30N2/c1-14(2,3)11-17-10-13(17)9-15(4,5)12-16-7-6-8-16/h13H,6-12H2,1-5H3. The Labute approximate surface area is 107 Å². The fourth-order valence-corrected chi connectivity index (χ4v) is 3.07. The summed E-state index contributed by atoms with van der Waals surface area (Å²) in [4.78, 5) is 5.26. The maximum atomic E-state index is 2.65. The van der Waals surface area contributed by atoms with Crippen LogP contribution in [0.25, 0.3) is 0 Å². The average molecular weight is 238 g/mol. The molecule has 0 aromatic rings. The molecule has 0 spiro atoms. The molecule has 2 aliphatic rings. The van der Waals surface area contributed by atoms with E-state index in [1.54, 1.807) is 0 Å². The van der Waals surface area contributed by atoms with Crippen molar-refractivity contribution >= 4 is 0 Å². The van der Waals surface area contributed by atoms with Gasteiger partial charge in [-0.25, -0.2) is 0 Å². The summed E-state index contributed by atoms with van der Waals surface area (Å²) < 4.78 is 0. The minimum atomic E-state index is 0.455. The van der Waals surface area contributed by atoms with Crippen LogP contribution in [0.3, 0.4) is 0 Å². The molecule has 2 heteroatoms. The topological polar surface area (TPSA) is 6.25 Å². The molecule has 0 radical (unpaired) electrons. The molecular weight excluding hydrogens is 208 g/mol. The maximum absolute atomic E-state index is 2.65. The summed E-state index contributed by atoms with van der Waals surface area (Å²) in [7, 11) is 0. The Morgan fingerprint density at radius 3 is 2.12 bits per heavy atom. The quantitative estimate of drug-likeness (QED) is 0.679. The second-order valence-corrected chi connectivity index (χ2v) is 8.14. The molecule has 2 aliphatic heterocycles. The van der Waals surface area contributed by atoms with Gasteiger partial charge >= 0.3 is 0 Å². The van der Waals surface area contributed by atoms with E-state index >= 15 is 0 Å². The Hall–Kier alpha value is -0.0800. The minimum Gasteiger partial charge on any atom is -0.303 e. The first kappa shape index (κ1) is 13.4. The summed E-state index contributed by atoms with van der Waals surface area (Å²) >= 11 is 0. The van der Waals surface area contributed by atoms with Crippen LogP contribution in [0.15, 0.2) is 0 Å². The highest BCUT2D eigenvalue weighted by atomic mass is 15.3. The van der Waals surface area contributed by atoms with E-state index in [0.29, 0.717) is 10.8 Å². The van der Waals surface area contributed by atoms with Crippen LogP contribution in [0.1, 0.15) is 47.5 Å². The molecule has 0 N–H and O–H groups in total. The summed E-state index contributed by atoms with van der Waals surface area (Å²) in [6, 6.07) is 0.866. The van der Waals surface area contributed by atoms with Gasteiger partial charge in [-0.05, 0) is 36.8 Å². The van der Waals surface area contributed by atoms with Gasteiger partial charge in [-0.1, -0.05) is 34.6 Å². The Morgan fingerprint density at radius 2 is 1.65 bits per heavy atom. The molecule has 0 aromatic carbocycles. The third kappa shape index (κ3) is 4.26. The lowest BCUT2D eigenvalue weighted by Gasteiger charge is -2.38. The van der Waals surface area contributed by atoms with Crippen molar-refractivity contribution in [3.8, 4) is 0 Å². The molecule has 17 heavy (non-hydrogen) atoms. The van der Waals surface area contributed by atoms with E-state index in [1.807, 2.05) is 0 Å². The summed E-state index contributed by atoms with van der Waals surface area (Å²) in [5, 5.41) is 0. The van der Waals surface area contributed by atoms with Crippen molar-refractivity contribution in [2.75, 3.05) is 32.7 Å². The van der Waals surface area contributed by atoms with E-state index in [-0.39, 0.29) is 0 Å². The van der Waals surface area contributed by atoms with E-state index in [1.165, 1.54) is 45.6 Å². The molecule has 2 saturated heterocycles. The maximum Gasteiger partial charge on any atom is 0.0229 e. The number of nitrogens with zero attached hydrogens (tertiary/aromatic N) is 2. The first-order valence-corrected chi connectivity index (χ1v) is 7.22. The van der Waals surface area contributed by atoms with Crippen LogP contribution >= 0.6 is 0 Å². The molecule has 100 valence electrons. The number of likely N-dealkylation sites (tertiary alicyclic amines) is 1. The average Bonchev–Trinajstić information content (AvgIpc) is 2.72. The Bertz CT molecular complexity index is 261. The second kappa shape index (κ2) is 4.55. The van der Waals surface area contributed by atoms with Gasteiger partial charge in [-0.2, -0.15) is 0 Å². The molecule has 0 aromatic heterocycles. The Balaban J connectivity index is 1.70. The molecule has 2 nitrogen and oxygen atoms in total. The highest BCUT2D eigenvalue weighted by Gasteiger charge is 2.40. The van der Waals surface area contributed by atoms with Gasteiger partial charge in [0, 0.05) is 25.7 Å². The van der Waals surface area contributed by atoms with Crippen LogP contribution in [0, 0.1) is 10.8 Å². The van der Waals surface area contributed by atoms with Gasteiger partial charge in [-0.15, -0.1) is 0 Å². The summed E-state index contributed by atoms with van der Waals surface area (Å²) in [6.45, 7) is 18.5. The molecule has 2 unspecified atom stereocenters. The van der Waals surface area contributed by atoms with Gasteiger partial charge in [0.25, 0.3) is 0 Å². The van der Waals surface area contributed by atoms with Gasteiger partial charge in [0.15, 0.2) is 0 Å².